The third-order valence-corrected chi connectivity index (χ3v) is 24.9. The Balaban J connectivity index is 1.92. The molecule has 0 aromatic heterocycles. The van der Waals surface area contributed by atoms with Crippen molar-refractivity contribution in [2.45, 2.75) is 524 Å². The van der Waals surface area contributed by atoms with Crippen LogP contribution in [0.1, 0.15) is 420 Å². The Bertz CT molecular complexity index is 2530. The minimum absolute atomic E-state index is 0.0180. The van der Waals surface area contributed by atoms with E-state index in [0.717, 1.165) is 148 Å². The summed E-state index contributed by atoms with van der Waals surface area (Å²) in [7, 11) is -5.81. The van der Waals surface area contributed by atoms with Crippen molar-refractivity contribution in [2.75, 3.05) is 26.4 Å². The molecule has 0 amide bonds. The summed E-state index contributed by atoms with van der Waals surface area (Å²) in [6.45, 7) is 7.91. The van der Waals surface area contributed by atoms with Gasteiger partial charge in [0.25, 0.3) is 0 Å². The molecule has 25 nitrogen and oxygen atoms in total. The zero-order valence-electron chi connectivity index (χ0n) is 74.8. The van der Waals surface area contributed by atoms with Gasteiger partial charge in [0, 0.05) is 25.7 Å². The summed E-state index contributed by atoms with van der Waals surface area (Å²) in [6, 6.07) is 0. The first-order valence-electron chi connectivity index (χ1n) is 48.3. The Morgan fingerprint density at radius 3 is 1.09 bits per heavy atom. The molecule has 700 valence electrons. The number of carbonyl (C=O) groups is 4. The number of phosphoric ester groups is 1. The Kier molecular flexibility index (Phi) is 66.1. The second-order valence-electron chi connectivity index (χ2n) is 34.9. The number of allylic oxidation sites excluding steroid dienone is 2. The van der Waals surface area contributed by atoms with Gasteiger partial charge in [0.05, 0.1) is 13.2 Å². The molecule has 2 heterocycles. The predicted octanol–water partition coefficient (Wildman–Crippen LogP) is 18.2. The lowest BCUT2D eigenvalue weighted by Crippen LogP contribution is -2.70. The van der Waals surface area contributed by atoms with Gasteiger partial charge in [0.1, 0.15) is 92.6 Å². The highest BCUT2D eigenvalue weighted by atomic mass is 31.2. The summed E-state index contributed by atoms with van der Waals surface area (Å²) < 4.78 is 73.6. The molecule has 10 N–H and O–H groups in total. The summed E-state index contributed by atoms with van der Waals surface area (Å²) in [5.74, 6) is -2.33. The van der Waals surface area contributed by atoms with Gasteiger partial charge in [-0.25, -0.2) is 4.57 Å². The summed E-state index contributed by atoms with van der Waals surface area (Å²) in [4.78, 5) is 66.6. The zero-order valence-corrected chi connectivity index (χ0v) is 75.7. The molecule has 2 saturated heterocycles. The number of rotatable bonds is 78. The molecule has 0 radical (unpaired) electrons. The van der Waals surface area contributed by atoms with Crippen molar-refractivity contribution in [3.8, 4) is 0 Å². The number of hydrogen-bond acceptors (Lipinski definition) is 24. The number of hydrogen-bond donors (Lipinski definition) is 10. The van der Waals surface area contributed by atoms with Crippen LogP contribution in [0.3, 0.4) is 0 Å². The van der Waals surface area contributed by atoms with Crippen LogP contribution in [-0.4, -0.2) is 205 Å². The maximum Gasteiger partial charge on any atom is 0.472 e. The maximum atomic E-state index is 14.9. The molecule has 0 bridgehead atoms. The smallest absolute Gasteiger partial charge is 0.463 e. The Morgan fingerprint density at radius 2 is 0.681 bits per heavy atom. The van der Waals surface area contributed by atoms with E-state index < -0.39 is 162 Å². The number of aliphatic hydroxyl groups excluding tert-OH is 9. The van der Waals surface area contributed by atoms with Crippen molar-refractivity contribution in [1.82, 2.24) is 0 Å². The fourth-order valence-corrected chi connectivity index (χ4v) is 17.1. The summed E-state index contributed by atoms with van der Waals surface area (Å²) in [6.07, 6.45) is 29.1. The van der Waals surface area contributed by atoms with Crippen molar-refractivity contribution in [1.29, 1.82) is 0 Å². The SMILES string of the molecule is CCCCCC/C=C\CCCCCCCCCC(=O)OCC(COP(=O)(O)OC1C(OC2OC(CO)C(O)C(O)C2O)C(O)C(O)C(OC(=O)CCCCCCCCC(C)CCCCCCCC)C1OC1OC(COC(=O)CCCCCCCCCCCCCCC)C(O)C(O)C1O)OC(=O)CCCCCCCCCCCCCCCCCC. The quantitative estimate of drug-likeness (QED) is 0.00889. The van der Waals surface area contributed by atoms with Gasteiger partial charge in [0.2, 0.25) is 0 Å². The molecule has 1 aliphatic carbocycles. The first kappa shape index (κ1) is 110. The molecule has 0 aromatic carbocycles. The molecule has 3 rings (SSSR count). The Hall–Kier alpha value is -2.79. The van der Waals surface area contributed by atoms with Crippen molar-refractivity contribution >= 4 is 31.7 Å². The van der Waals surface area contributed by atoms with Gasteiger partial charge in [0.15, 0.2) is 24.8 Å². The molecule has 19 atom stereocenters. The fraction of sp³-hybridized carbons (Fsp3) is 0.935. The first-order chi connectivity index (χ1) is 57.6. The Morgan fingerprint density at radius 1 is 0.353 bits per heavy atom. The monoisotopic (exact) mass is 1720 g/mol. The van der Waals surface area contributed by atoms with Gasteiger partial charge in [-0.1, -0.05) is 355 Å². The molecular formula is C93H173O25P. The lowest BCUT2D eigenvalue weighted by molar-refractivity contribution is -0.360. The molecule has 0 aromatic rings. The number of esters is 4. The van der Waals surface area contributed by atoms with Crippen LogP contribution in [0.2, 0.25) is 0 Å². The minimum Gasteiger partial charge on any atom is -0.463 e. The van der Waals surface area contributed by atoms with E-state index in [2.05, 4.69) is 46.8 Å². The molecule has 0 spiro atoms. The van der Waals surface area contributed by atoms with Crippen LogP contribution in [0.5, 0.6) is 0 Å². The maximum absolute atomic E-state index is 14.9. The zero-order chi connectivity index (χ0) is 86.9. The van der Waals surface area contributed by atoms with Crippen LogP contribution in [-0.2, 0) is 70.7 Å². The molecule has 26 heteroatoms. The van der Waals surface area contributed by atoms with Crippen LogP contribution in [0.25, 0.3) is 0 Å². The number of carbonyl (C=O) groups excluding carboxylic acids is 4. The topological polar surface area (TPSA) is 380 Å². The van der Waals surface area contributed by atoms with E-state index in [1.54, 1.807) is 0 Å². The largest absolute Gasteiger partial charge is 0.472 e. The lowest BCUT2D eigenvalue weighted by Gasteiger charge is -2.50. The van der Waals surface area contributed by atoms with Crippen molar-refractivity contribution in [2.24, 2.45) is 5.92 Å². The second kappa shape index (κ2) is 71.3. The Labute approximate surface area is 718 Å². The number of phosphoric acid groups is 1. The summed E-state index contributed by atoms with van der Waals surface area (Å²) in [5, 5.41) is 102. The van der Waals surface area contributed by atoms with E-state index in [0.29, 0.717) is 38.0 Å². The van der Waals surface area contributed by atoms with Crippen molar-refractivity contribution in [3.05, 3.63) is 12.2 Å². The molecule has 3 fully saturated rings. The van der Waals surface area contributed by atoms with Crippen LogP contribution in [0, 0.1) is 5.92 Å². The summed E-state index contributed by atoms with van der Waals surface area (Å²) in [5.41, 5.74) is 0. The number of aliphatic hydroxyl groups is 9. The fourth-order valence-electron chi connectivity index (χ4n) is 16.1. The van der Waals surface area contributed by atoms with Gasteiger partial charge in [-0.15, -0.1) is 0 Å². The van der Waals surface area contributed by atoms with E-state index in [1.165, 1.54) is 180 Å². The molecule has 2 aliphatic heterocycles. The average molecular weight is 1720 g/mol. The van der Waals surface area contributed by atoms with Gasteiger partial charge in [-0.2, -0.15) is 0 Å². The first-order valence-corrected chi connectivity index (χ1v) is 49.8. The summed E-state index contributed by atoms with van der Waals surface area (Å²) >= 11 is 0. The van der Waals surface area contributed by atoms with E-state index in [9.17, 15) is 74.6 Å². The van der Waals surface area contributed by atoms with Crippen LogP contribution >= 0.6 is 7.82 Å². The van der Waals surface area contributed by atoms with Gasteiger partial charge < -0.3 is 88.7 Å². The van der Waals surface area contributed by atoms with E-state index in [-0.39, 0.29) is 25.7 Å². The lowest BCUT2D eigenvalue weighted by atomic mass is 9.84. The third-order valence-electron chi connectivity index (χ3n) is 23.9. The third kappa shape index (κ3) is 51.6. The van der Waals surface area contributed by atoms with E-state index in [1.807, 2.05) is 0 Å². The highest BCUT2D eigenvalue weighted by Crippen LogP contribution is 2.49. The second-order valence-corrected chi connectivity index (χ2v) is 36.3. The van der Waals surface area contributed by atoms with Crippen LogP contribution < -0.4 is 0 Å². The average Bonchev–Trinajstić information content (AvgIpc) is 0.754. The highest BCUT2D eigenvalue weighted by molar-refractivity contribution is 7.47. The van der Waals surface area contributed by atoms with E-state index >= 15 is 0 Å². The van der Waals surface area contributed by atoms with Gasteiger partial charge in [-0.05, 0) is 57.3 Å². The van der Waals surface area contributed by atoms with Crippen molar-refractivity contribution in [3.63, 3.8) is 0 Å². The molecule has 119 heavy (non-hydrogen) atoms. The van der Waals surface area contributed by atoms with Gasteiger partial charge >= 0.3 is 31.7 Å². The van der Waals surface area contributed by atoms with Crippen LogP contribution in [0.15, 0.2) is 12.2 Å². The predicted molar refractivity (Wildman–Crippen MR) is 463 cm³/mol. The molecule has 1 saturated carbocycles. The standard InChI is InChI=1S/C93H173O25P/c1-6-10-14-18-22-25-28-31-33-35-38-41-44-47-54-60-66-78(97)112-73(69-109-76(95)64-58-52-45-42-40-37-34-32-29-26-23-19-15-11-7-2)70-111-119(107,108)118-91-89(116-92-86(105)82(101)80(99)74(68-94)113-92)85(104)84(103)88(115-79(98)67-61-55-49-48-51-57-63-72(5)62-56-50-21-17-13-9-4)90(91)117-93-87(106)83(102)81(100)75(114-93)71-110-77(96)65-59-53-46-43-39-36-30-27-24-20-16-12-8-3/h26,29,72-75,80-94,99-106H,6-25,27-28,30-71H2,1-5H3,(H,107,108)/b29-26-. The highest BCUT2D eigenvalue weighted by Gasteiger charge is 2.60. The molecule has 3 aliphatic rings. The number of unbranched alkanes of at least 4 members (excludes halogenated alkanes) is 48. The molecule has 19 unspecified atom stereocenters. The number of ether oxygens (including phenoxy) is 8. The van der Waals surface area contributed by atoms with Crippen molar-refractivity contribution < 1.29 is 122 Å². The minimum atomic E-state index is -5.81. The van der Waals surface area contributed by atoms with E-state index in [4.69, 9.17) is 46.9 Å². The molecular weight excluding hydrogens is 1550 g/mol. The van der Waals surface area contributed by atoms with Gasteiger partial charge in [-0.3, -0.25) is 28.2 Å². The van der Waals surface area contributed by atoms with Crippen LogP contribution in [0.4, 0.5) is 0 Å². The normalized spacial score (nSPS) is 25.1.